The van der Waals surface area contributed by atoms with Gasteiger partial charge < -0.3 is 16.8 Å². The molecule has 0 fully saturated rings. The van der Waals surface area contributed by atoms with Crippen molar-refractivity contribution in [2.75, 3.05) is 0 Å². The maximum absolute atomic E-state index is 10.6. The first-order valence-corrected chi connectivity index (χ1v) is 3.36. The van der Waals surface area contributed by atoms with E-state index in [0.717, 1.165) is 0 Å². The molecule has 66 valence electrons. The maximum Gasteiger partial charge on any atom is 0.240 e. The average Bonchev–Trinajstić information content (AvgIpc) is 1.96. The minimum absolute atomic E-state index is 0.0856. The van der Waals surface area contributed by atoms with E-state index < -0.39 is 17.9 Å². The average molecular weight is 169 g/mol. The van der Waals surface area contributed by atoms with E-state index in [-0.39, 0.29) is 12.8 Å². The van der Waals surface area contributed by atoms with E-state index in [1.165, 1.54) is 0 Å². The Morgan fingerprint density at radius 1 is 1.50 bits per heavy atom. The van der Waals surface area contributed by atoms with Crippen molar-refractivity contribution in [1.82, 2.24) is 5.32 Å². The van der Waals surface area contributed by atoms with Crippen molar-refractivity contribution in [2.24, 2.45) is 11.5 Å². The van der Waals surface area contributed by atoms with Crippen LogP contribution in [-0.4, -0.2) is 17.9 Å². The number of hydrogen-bond donors (Lipinski definition) is 3. The van der Waals surface area contributed by atoms with Gasteiger partial charge >= 0.3 is 0 Å². The Morgan fingerprint density at radius 3 is 2.42 bits per heavy atom. The summed E-state index contributed by atoms with van der Waals surface area (Å²) in [7, 11) is 0. The van der Waals surface area contributed by atoms with E-state index in [9.17, 15) is 9.59 Å². The molecule has 0 saturated heterocycles. The third-order valence-corrected chi connectivity index (χ3v) is 1.28. The monoisotopic (exact) mass is 169 g/mol. The van der Waals surface area contributed by atoms with Crippen molar-refractivity contribution < 1.29 is 9.59 Å². The highest BCUT2D eigenvalue weighted by molar-refractivity contribution is 5.81. The smallest absolute Gasteiger partial charge is 0.240 e. The van der Waals surface area contributed by atoms with Gasteiger partial charge in [-0.15, -0.1) is 0 Å². The highest BCUT2D eigenvalue weighted by Crippen LogP contribution is 1.94. The fourth-order valence-electron chi connectivity index (χ4n) is 0.673. The molecule has 0 spiro atoms. The van der Waals surface area contributed by atoms with Gasteiger partial charge in [0.05, 0.1) is 0 Å². The molecule has 0 aromatic heterocycles. The minimum Gasteiger partial charge on any atom is -0.370 e. The SMILES string of the molecule is C#CNC(CCC(N)=O)C(N)=O. The zero-order valence-corrected chi connectivity index (χ0v) is 6.54. The summed E-state index contributed by atoms with van der Waals surface area (Å²) in [5.74, 6) is -1.07. The molecule has 5 nitrogen and oxygen atoms in total. The van der Waals surface area contributed by atoms with Gasteiger partial charge in [0.25, 0.3) is 0 Å². The number of hydrogen-bond acceptors (Lipinski definition) is 3. The summed E-state index contributed by atoms with van der Waals surface area (Å²) in [6.45, 7) is 0. The van der Waals surface area contributed by atoms with Crippen LogP contribution in [0.15, 0.2) is 0 Å². The topological polar surface area (TPSA) is 98.2 Å². The molecule has 12 heavy (non-hydrogen) atoms. The third kappa shape index (κ3) is 4.17. The van der Waals surface area contributed by atoms with Crippen molar-refractivity contribution in [3.05, 3.63) is 0 Å². The number of carbonyl (C=O) groups is 2. The fraction of sp³-hybridized carbons (Fsp3) is 0.429. The zero-order valence-electron chi connectivity index (χ0n) is 6.54. The summed E-state index contributed by atoms with van der Waals surface area (Å²) >= 11 is 0. The van der Waals surface area contributed by atoms with Crippen LogP contribution in [-0.2, 0) is 9.59 Å². The molecule has 0 aliphatic rings. The summed E-state index contributed by atoms with van der Waals surface area (Å²) < 4.78 is 0. The van der Waals surface area contributed by atoms with Gasteiger partial charge in [0.15, 0.2) is 0 Å². The van der Waals surface area contributed by atoms with E-state index in [1.54, 1.807) is 0 Å². The second-order valence-electron chi connectivity index (χ2n) is 2.25. The molecule has 0 heterocycles. The lowest BCUT2D eigenvalue weighted by molar-refractivity contribution is -0.120. The summed E-state index contributed by atoms with van der Waals surface area (Å²) in [5, 5.41) is 2.38. The van der Waals surface area contributed by atoms with Crippen molar-refractivity contribution in [2.45, 2.75) is 18.9 Å². The van der Waals surface area contributed by atoms with Crippen LogP contribution in [0.1, 0.15) is 12.8 Å². The van der Waals surface area contributed by atoms with Crippen molar-refractivity contribution >= 4 is 11.8 Å². The Bertz CT molecular complexity index is 219. The molecule has 5 N–H and O–H groups in total. The molecule has 0 aliphatic heterocycles. The van der Waals surface area contributed by atoms with Gasteiger partial charge in [0, 0.05) is 12.5 Å². The van der Waals surface area contributed by atoms with Crippen LogP contribution < -0.4 is 16.8 Å². The Morgan fingerprint density at radius 2 is 2.08 bits per heavy atom. The number of terminal acetylenes is 1. The van der Waals surface area contributed by atoms with Crippen LogP contribution in [0.2, 0.25) is 0 Å². The molecule has 5 heteroatoms. The quantitative estimate of drug-likeness (QED) is 0.337. The van der Waals surface area contributed by atoms with Gasteiger partial charge in [0.2, 0.25) is 11.8 Å². The number of nitrogens with one attached hydrogen (secondary N) is 1. The number of amides is 2. The van der Waals surface area contributed by atoms with Crippen LogP contribution in [0.4, 0.5) is 0 Å². The molecule has 2 amide bonds. The van der Waals surface area contributed by atoms with Crippen LogP contribution in [0.25, 0.3) is 0 Å². The molecule has 0 aromatic carbocycles. The van der Waals surface area contributed by atoms with E-state index in [0.29, 0.717) is 0 Å². The molecular weight excluding hydrogens is 158 g/mol. The lowest BCUT2D eigenvalue weighted by Gasteiger charge is -2.09. The second kappa shape index (κ2) is 5.02. The van der Waals surface area contributed by atoms with Gasteiger partial charge in [-0.25, -0.2) is 0 Å². The summed E-state index contributed by atoms with van der Waals surface area (Å²) in [4.78, 5) is 20.9. The van der Waals surface area contributed by atoms with Gasteiger partial charge in [0.1, 0.15) is 6.04 Å². The number of rotatable bonds is 5. The van der Waals surface area contributed by atoms with E-state index in [1.807, 2.05) is 0 Å². The molecule has 0 aliphatic carbocycles. The Labute approximate surface area is 70.5 Å². The standard InChI is InChI=1S/C7H11N3O2/c1-2-10-5(7(9)12)3-4-6(8)11/h1,5,10H,3-4H2,(H2,8,11)(H2,9,12). The van der Waals surface area contributed by atoms with Gasteiger partial charge in [-0.1, -0.05) is 6.42 Å². The first-order chi connectivity index (χ1) is 5.57. The molecule has 0 bridgehead atoms. The molecule has 0 saturated carbocycles. The Hall–Kier alpha value is -1.70. The van der Waals surface area contributed by atoms with E-state index in [2.05, 4.69) is 11.4 Å². The van der Waals surface area contributed by atoms with Gasteiger partial charge in [-0.05, 0) is 6.42 Å². The number of nitrogens with two attached hydrogens (primary N) is 2. The predicted molar refractivity (Wildman–Crippen MR) is 43.4 cm³/mol. The molecular formula is C7H11N3O2. The van der Waals surface area contributed by atoms with Gasteiger partial charge in [-0.2, -0.15) is 0 Å². The Balaban J connectivity index is 3.89. The third-order valence-electron chi connectivity index (χ3n) is 1.28. The molecule has 1 atom stereocenters. The highest BCUT2D eigenvalue weighted by Gasteiger charge is 2.13. The van der Waals surface area contributed by atoms with Crippen molar-refractivity contribution in [1.29, 1.82) is 0 Å². The molecule has 0 aromatic rings. The molecule has 0 rings (SSSR count). The normalized spacial score (nSPS) is 11.2. The highest BCUT2D eigenvalue weighted by atomic mass is 16.1. The van der Waals surface area contributed by atoms with Crippen molar-refractivity contribution in [3.63, 3.8) is 0 Å². The zero-order chi connectivity index (χ0) is 9.56. The second-order valence-corrected chi connectivity index (χ2v) is 2.25. The van der Waals surface area contributed by atoms with Crippen LogP contribution >= 0.6 is 0 Å². The number of carbonyl (C=O) groups excluding carboxylic acids is 2. The largest absolute Gasteiger partial charge is 0.370 e. The maximum atomic E-state index is 10.6. The summed E-state index contributed by atoms with van der Waals surface area (Å²) in [6.07, 6.45) is 5.21. The van der Waals surface area contributed by atoms with Crippen LogP contribution in [0.5, 0.6) is 0 Å². The van der Waals surface area contributed by atoms with E-state index >= 15 is 0 Å². The fourth-order valence-corrected chi connectivity index (χ4v) is 0.673. The van der Waals surface area contributed by atoms with Crippen molar-refractivity contribution in [3.8, 4) is 12.5 Å². The molecule has 1 unspecified atom stereocenters. The minimum atomic E-state index is -0.678. The first-order valence-electron chi connectivity index (χ1n) is 3.36. The summed E-state index contributed by atoms with van der Waals surface area (Å²) in [5.41, 5.74) is 9.83. The predicted octanol–water partition coefficient (Wildman–Crippen LogP) is -1.71. The van der Waals surface area contributed by atoms with Crippen LogP contribution in [0.3, 0.4) is 0 Å². The lowest BCUT2D eigenvalue weighted by Crippen LogP contribution is -2.39. The van der Waals surface area contributed by atoms with Gasteiger partial charge in [-0.3, -0.25) is 9.59 Å². The summed E-state index contributed by atoms with van der Waals surface area (Å²) in [6, 6.07) is 1.39. The first kappa shape index (κ1) is 10.3. The lowest BCUT2D eigenvalue weighted by atomic mass is 10.1. The van der Waals surface area contributed by atoms with E-state index in [4.69, 9.17) is 17.9 Å². The van der Waals surface area contributed by atoms with Crippen LogP contribution in [0, 0.1) is 12.5 Å². The molecule has 0 radical (unpaired) electrons. The Kier molecular flexibility index (Phi) is 4.31. The number of primary amides is 2.